The van der Waals surface area contributed by atoms with Crippen molar-refractivity contribution in [3.8, 4) is 0 Å². The summed E-state index contributed by atoms with van der Waals surface area (Å²) in [5, 5.41) is 20.5. The molecule has 0 heterocycles. The Morgan fingerprint density at radius 1 is 1.58 bits per heavy atom. The van der Waals surface area contributed by atoms with E-state index in [0.29, 0.717) is 19.5 Å². The van der Waals surface area contributed by atoms with Crippen molar-refractivity contribution in [2.45, 2.75) is 12.5 Å². The molecule has 12 heavy (non-hydrogen) atoms. The molecule has 0 bridgehead atoms. The molecule has 7 N–H and O–H groups in total. The fourth-order valence-electron chi connectivity index (χ4n) is 0.619. The van der Waals surface area contributed by atoms with Crippen LogP contribution in [0.5, 0.6) is 0 Å². The molecular formula is C4H14N6O2. The normalized spacial score (nSPS) is 14.3. The Balaban J connectivity index is 3.57. The first-order chi connectivity index (χ1) is 5.74. The molecule has 0 aromatic carbocycles. The Kier molecular flexibility index (Phi) is 5.97. The third-order valence-corrected chi connectivity index (χ3v) is 1.25. The van der Waals surface area contributed by atoms with Gasteiger partial charge in [-0.2, -0.15) is 5.43 Å². The van der Waals surface area contributed by atoms with E-state index < -0.39 is 0 Å². The molecule has 0 radical (unpaired) electrons. The van der Waals surface area contributed by atoms with E-state index in [-0.39, 0.29) is 11.0 Å². The smallest absolute Gasteiger partial charge is 0.231 e. The molecule has 1 unspecified atom stereocenters. The van der Waals surface area contributed by atoms with Crippen LogP contribution < -0.4 is 22.4 Å². The van der Waals surface area contributed by atoms with E-state index in [0.717, 1.165) is 0 Å². The van der Waals surface area contributed by atoms with Gasteiger partial charge >= 0.3 is 0 Å². The number of hydrogen-bond donors (Lipinski definition) is 5. The van der Waals surface area contributed by atoms with E-state index in [2.05, 4.69) is 10.7 Å². The average Bonchev–Trinajstić information content (AvgIpc) is 2.11. The molecule has 0 saturated carbocycles. The van der Waals surface area contributed by atoms with Crippen molar-refractivity contribution in [2.75, 3.05) is 13.1 Å². The average molecular weight is 178 g/mol. The minimum absolute atomic E-state index is 0.117. The largest absolute Gasteiger partial charge is 0.568 e. The van der Waals surface area contributed by atoms with Crippen molar-refractivity contribution in [3.05, 3.63) is 5.21 Å². The van der Waals surface area contributed by atoms with Crippen molar-refractivity contribution in [2.24, 2.45) is 16.7 Å². The lowest BCUT2D eigenvalue weighted by molar-refractivity contribution is -0.621. The lowest BCUT2D eigenvalue weighted by Gasteiger charge is -2.13. The van der Waals surface area contributed by atoms with E-state index in [9.17, 15) is 5.21 Å². The Bertz CT molecular complexity index is 140. The number of hydrazine groups is 2. The Morgan fingerprint density at radius 3 is 2.67 bits per heavy atom. The summed E-state index contributed by atoms with van der Waals surface area (Å²) in [5.74, 6) is 0. The van der Waals surface area contributed by atoms with Gasteiger partial charge in [-0.25, -0.2) is 0 Å². The number of rotatable bonds is 6. The summed E-state index contributed by atoms with van der Waals surface area (Å²) in [6, 6.07) is -0.117. The summed E-state index contributed by atoms with van der Waals surface area (Å²) in [6.45, 7) is 0.801. The van der Waals surface area contributed by atoms with Crippen molar-refractivity contribution >= 4 is 0 Å². The minimum Gasteiger partial charge on any atom is -0.568 e. The topological polar surface area (TPSA) is 135 Å². The van der Waals surface area contributed by atoms with Crippen LogP contribution in [-0.4, -0.2) is 29.3 Å². The van der Waals surface area contributed by atoms with Crippen LogP contribution in [0.3, 0.4) is 0 Å². The van der Waals surface area contributed by atoms with Gasteiger partial charge in [-0.15, -0.1) is 0 Å². The number of nitrogens with two attached hydrogens (primary N) is 2. The van der Waals surface area contributed by atoms with Crippen molar-refractivity contribution < 1.29 is 10.2 Å². The van der Waals surface area contributed by atoms with E-state index >= 15 is 0 Å². The molecular weight excluding hydrogens is 164 g/mol. The molecule has 0 aliphatic carbocycles. The zero-order valence-corrected chi connectivity index (χ0v) is 6.60. The Labute approximate surface area is 69.7 Å². The lowest BCUT2D eigenvalue weighted by atomic mass is 10.2. The second-order valence-corrected chi connectivity index (χ2v) is 2.13. The summed E-state index contributed by atoms with van der Waals surface area (Å²) in [5.41, 5.74) is 15.1. The highest BCUT2D eigenvalue weighted by Gasteiger charge is 2.05. The molecule has 0 aliphatic heterocycles. The first-order valence-corrected chi connectivity index (χ1v) is 3.48. The predicted molar refractivity (Wildman–Crippen MR) is 40.6 cm³/mol. The Hall–Kier alpha value is -1.12. The quantitative estimate of drug-likeness (QED) is 0.182. The molecule has 0 spiro atoms. The minimum atomic E-state index is -0.126. The van der Waals surface area contributed by atoms with Gasteiger partial charge in [-0.3, -0.25) is 0 Å². The molecule has 0 aromatic heterocycles. The van der Waals surface area contributed by atoms with Gasteiger partial charge in [0.05, 0.1) is 4.97 Å². The monoisotopic (exact) mass is 178 g/mol. The molecule has 0 amide bonds. The maximum Gasteiger partial charge on any atom is 0.231 e. The summed E-state index contributed by atoms with van der Waals surface area (Å²) in [7, 11) is 0. The third-order valence-electron chi connectivity index (χ3n) is 1.25. The van der Waals surface area contributed by atoms with Crippen LogP contribution in [0.4, 0.5) is 0 Å². The third kappa shape index (κ3) is 4.66. The van der Waals surface area contributed by atoms with Crippen LogP contribution in [0.2, 0.25) is 0 Å². The van der Waals surface area contributed by atoms with Crippen LogP contribution in [0.15, 0.2) is 5.28 Å². The van der Waals surface area contributed by atoms with Gasteiger partial charge in [0, 0.05) is 12.6 Å². The zero-order chi connectivity index (χ0) is 9.40. The molecule has 0 saturated heterocycles. The molecule has 1 atom stereocenters. The highest BCUT2D eigenvalue weighted by molar-refractivity contribution is 4.63. The molecule has 0 rings (SSSR count). The van der Waals surface area contributed by atoms with Gasteiger partial charge in [-0.1, -0.05) is 5.53 Å². The zero-order valence-electron chi connectivity index (χ0n) is 6.60. The van der Waals surface area contributed by atoms with Crippen molar-refractivity contribution in [1.29, 1.82) is 0 Å². The van der Waals surface area contributed by atoms with E-state index in [1.165, 1.54) is 0 Å². The van der Waals surface area contributed by atoms with E-state index in [1.54, 1.807) is 0 Å². The van der Waals surface area contributed by atoms with Gasteiger partial charge in [0.15, 0.2) is 0 Å². The van der Waals surface area contributed by atoms with Crippen LogP contribution in [0, 0.1) is 5.21 Å². The Morgan fingerprint density at radius 2 is 2.25 bits per heavy atom. The van der Waals surface area contributed by atoms with Crippen LogP contribution in [0.25, 0.3) is 0 Å². The number of nitrogens with one attached hydrogen (secondary N) is 2. The number of hydrogen-bond acceptors (Lipinski definition) is 5. The fourth-order valence-corrected chi connectivity index (χ4v) is 0.619. The van der Waals surface area contributed by atoms with E-state index in [4.69, 9.17) is 16.7 Å². The standard InChI is InChI=1S/C4H14N6O2/c5-2-1-4(3-6)7-8-10(12)9-11/h4,7,11H,1-3,5-6H2,(H,8,9). The van der Waals surface area contributed by atoms with Crippen LogP contribution >= 0.6 is 0 Å². The SMILES string of the molecule is NCCC(CN)NN[N+]([O-])=NO. The van der Waals surface area contributed by atoms with Crippen LogP contribution in [0.1, 0.15) is 6.42 Å². The first-order valence-electron chi connectivity index (χ1n) is 3.48. The predicted octanol–water partition coefficient (Wildman–Crippen LogP) is -1.98. The highest BCUT2D eigenvalue weighted by Crippen LogP contribution is 1.83. The summed E-state index contributed by atoms with van der Waals surface area (Å²) >= 11 is 0. The van der Waals surface area contributed by atoms with E-state index in [1.807, 2.05) is 5.53 Å². The maximum absolute atomic E-state index is 10.3. The van der Waals surface area contributed by atoms with Gasteiger partial charge in [-0.05, 0) is 13.0 Å². The first kappa shape index (κ1) is 10.9. The molecule has 0 fully saturated rings. The molecule has 0 aliphatic rings. The van der Waals surface area contributed by atoms with Gasteiger partial charge in [0.2, 0.25) is 5.28 Å². The number of nitrogens with zero attached hydrogens (tertiary/aromatic N) is 2. The highest BCUT2D eigenvalue weighted by atomic mass is 16.6. The lowest BCUT2D eigenvalue weighted by Crippen LogP contribution is -2.48. The molecule has 8 heteroatoms. The molecule has 8 nitrogen and oxygen atoms in total. The second-order valence-electron chi connectivity index (χ2n) is 2.13. The van der Waals surface area contributed by atoms with Crippen molar-refractivity contribution in [1.82, 2.24) is 11.0 Å². The van der Waals surface area contributed by atoms with Crippen molar-refractivity contribution in [3.63, 3.8) is 0 Å². The fraction of sp³-hybridized carbons (Fsp3) is 1.00. The second kappa shape index (κ2) is 6.58. The van der Waals surface area contributed by atoms with Crippen LogP contribution in [-0.2, 0) is 0 Å². The summed E-state index contributed by atoms with van der Waals surface area (Å²) < 4.78 is 0. The maximum atomic E-state index is 10.3. The van der Waals surface area contributed by atoms with Gasteiger partial charge in [0.25, 0.3) is 0 Å². The molecule has 0 aromatic rings. The summed E-state index contributed by atoms with van der Waals surface area (Å²) in [4.78, 5) is -0.126. The van der Waals surface area contributed by atoms with Gasteiger partial charge < -0.3 is 21.9 Å². The molecule has 72 valence electrons. The van der Waals surface area contributed by atoms with Gasteiger partial charge in [0.1, 0.15) is 0 Å². The summed E-state index contributed by atoms with van der Waals surface area (Å²) in [6.07, 6.45) is 0.628.